The Morgan fingerprint density at radius 2 is 1.70 bits per heavy atom. The summed E-state index contributed by atoms with van der Waals surface area (Å²) in [5.41, 5.74) is 5.65. The molecule has 0 spiro atoms. The number of halogens is 1. The molecule has 0 amide bonds. The Morgan fingerprint density at radius 3 is 2.30 bits per heavy atom. The predicted molar refractivity (Wildman–Crippen MR) is 96.1 cm³/mol. The molecule has 4 N–H and O–H groups in total. The number of aliphatic imine (C=N–C) groups is 1. The van der Waals surface area contributed by atoms with Gasteiger partial charge in [-0.2, -0.15) is 0 Å². The number of nitrogens with zero attached hydrogens (tertiary/aromatic N) is 1. The van der Waals surface area contributed by atoms with Gasteiger partial charge < -0.3 is 11.1 Å². The summed E-state index contributed by atoms with van der Waals surface area (Å²) in [6.07, 6.45) is 8.49. The lowest BCUT2D eigenvalue weighted by Gasteiger charge is -2.06. The molecular formula is C12H29IN4O2S. The number of hydrogen-bond donors (Lipinski definition) is 3. The zero-order valence-corrected chi connectivity index (χ0v) is 15.7. The van der Waals surface area contributed by atoms with Crippen molar-refractivity contribution < 1.29 is 8.42 Å². The first-order valence-corrected chi connectivity index (χ1v) is 8.83. The van der Waals surface area contributed by atoms with Crippen LogP contribution in [0.4, 0.5) is 0 Å². The van der Waals surface area contributed by atoms with Crippen LogP contribution in [0.5, 0.6) is 0 Å². The Bertz CT molecular complexity index is 347. The van der Waals surface area contributed by atoms with Gasteiger partial charge in [0, 0.05) is 19.6 Å². The summed E-state index contributed by atoms with van der Waals surface area (Å²) >= 11 is 0. The van der Waals surface area contributed by atoms with Crippen molar-refractivity contribution in [1.29, 1.82) is 0 Å². The summed E-state index contributed by atoms with van der Waals surface area (Å²) in [5.74, 6) is 0.379. The molecule has 0 radical (unpaired) electrons. The van der Waals surface area contributed by atoms with Crippen LogP contribution >= 0.6 is 24.0 Å². The minimum absolute atomic E-state index is 0. The molecule has 20 heavy (non-hydrogen) atoms. The van der Waals surface area contributed by atoms with Crippen LogP contribution in [-0.4, -0.2) is 40.3 Å². The van der Waals surface area contributed by atoms with Gasteiger partial charge in [0.2, 0.25) is 10.0 Å². The van der Waals surface area contributed by atoms with Crippen molar-refractivity contribution in [2.24, 2.45) is 10.7 Å². The fourth-order valence-corrected chi connectivity index (χ4v) is 2.05. The molecule has 0 aromatic rings. The number of hydrogen-bond acceptors (Lipinski definition) is 3. The van der Waals surface area contributed by atoms with Gasteiger partial charge in [-0.15, -0.1) is 24.0 Å². The third kappa shape index (κ3) is 17.9. The second-order valence-electron chi connectivity index (χ2n) is 4.63. The van der Waals surface area contributed by atoms with Crippen LogP contribution in [0.25, 0.3) is 0 Å². The first kappa shape index (κ1) is 22.2. The highest BCUT2D eigenvalue weighted by atomic mass is 127. The lowest BCUT2D eigenvalue weighted by atomic mass is 10.1. The topological polar surface area (TPSA) is 96.6 Å². The molecule has 0 saturated heterocycles. The molecule has 0 bridgehead atoms. The average Bonchev–Trinajstić information content (AvgIpc) is 2.32. The van der Waals surface area contributed by atoms with E-state index in [2.05, 4.69) is 22.0 Å². The molecule has 0 aromatic carbocycles. The zero-order valence-electron chi connectivity index (χ0n) is 12.5. The number of nitrogens with two attached hydrogens (primary N) is 1. The second-order valence-corrected chi connectivity index (χ2v) is 6.46. The van der Waals surface area contributed by atoms with E-state index in [1.807, 2.05) is 0 Å². The van der Waals surface area contributed by atoms with Crippen LogP contribution in [-0.2, 0) is 10.0 Å². The van der Waals surface area contributed by atoms with Gasteiger partial charge in [-0.05, 0) is 6.42 Å². The Hall–Kier alpha value is -0.0900. The monoisotopic (exact) mass is 420 g/mol. The smallest absolute Gasteiger partial charge is 0.208 e. The van der Waals surface area contributed by atoms with Gasteiger partial charge in [0.1, 0.15) is 0 Å². The standard InChI is InChI=1S/C12H28N4O2S.HI/c1-3-4-5-6-7-8-9-14-12(13)15-10-11-16-19(2,17)18;/h16H,3-11H2,1-2H3,(H3,13,14,15);1H. The van der Waals surface area contributed by atoms with Gasteiger partial charge in [0.25, 0.3) is 0 Å². The summed E-state index contributed by atoms with van der Waals surface area (Å²) in [6.45, 7) is 3.69. The van der Waals surface area contributed by atoms with E-state index >= 15 is 0 Å². The lowest BCUT2D eigenvalue weighted by molar-refractivity contribution is 0.587. The van der Waals surface area contributed by atoms with Crippen LogP contribution in [0.3, 0.4) is 0 Å². The van der Waals surface area contributed by atoms with Crippen molar-refractivity contribution in [2.45, 2.75) is 45.4 Å². The second kappa shape index (κ2) is 13.9. The lowest BCUT2D eigenvalue weighted by Crippen LogP contribution is -2.38. The molecule has 0 rings (SSSR count). The Kier molecular flexibility index (Phi) is 15.4. The van der Waals surface area contributed by atoms with E-state index in [1.165, 1.54) is 32.1 Å². The van der Waals surface area contributed by atoms with E-state index in [-0.39, 0.29) is 24.0 Å². The molecule has 0 aliphatic carbocycles. The molecule has 8 heteroatoms. The number of unbranched alkanes of at least 4 members (excludes halogenated alkanes) is 5. The SMILES string of the molecule is CCCCCCCCN=C(N)NCCNS(C)(=O)=O.I. The van der Waals surface area contributed by atoms with Crippen molar-refractivity contribution in [3.63, 3.8) is 0 Å². The summed E-state index contributed by atoms with van der Waals surface area (Å²) in [5, 5.41) is 2.87. The fourth-order valence-electron chi connectivity index (χ4n) is 1.57. The molecule has 0 heterocycles. The quantitative estimate of drug-likeness (QED) is 0.204. The summed E-state index contributed by atoms with van der Waals surface area (Å²) in [7, 11) is -3.12. The first-order chi connectivity index (χ1) is 8.95. The summed E-state index contributed by atoms with van der Waals surface area (Å²) < 4.78 is 24.0. The number of rotatable bonds is 11. The van der Waals surface area contributed by atoms with Crippen LogP contribution < -0.4 is 15.8 Å². The van der Waals surface area contributed by atoms with Crippen LogP contribution in [0.15, 0.2) is 4.99 Å². The molecule has 6 nitrogen and oxygen atoms in total. The molecule has 0 aliphatic heterocycles. The van der Waals surface area contributed by atoms with E-state index in [0.717, 1.165) is 19.2 Å². The average molecular weight is 420 g/mol. The van der Waals surface area contributed by atoms with Crippen molar-refractivity contribution >= 4 is 40.0 Å². The molecule has 0 fully saturated rings. The maximum absolute atomic E-state index is 10.8. The van der Waals surface area contributed by atoms with Crippen molar-refractivity contribution in [3.8, 4) is 0 Å². The number of sulfonamides is 1. The largest absolute Gasteiger partial charge is 0.370 e. The maximum Gasteiger partial charge on any atom is 0.208 e. The normalized spacial score (nSPS) is 12.0. The van der Waals surface area contributed by atoms with E-state index < -0.39 is 10.0 Å². The highest BCUT2D eigenvalue weighted by Crippen LogP contribution is 2.04. The first-order valence-electron chi connectivity index (χ1n) is 6.94. The molecule has 0 unspecified atom stereocenters. The molecule has 0 aromatic heterocycles. The Balaban J connectivity index is 0. The Morgan fingerprint density at radius 1 is 1.10 bits per heavy atom. The fraction of sp³-hybridized carbons (Fsp3) is 0.917. The van der Waals surface area contributed by atoms with Crippen molar-refractivity contribution in [3.05, 3.63) is 0 Å². The van der Waals surface area contributed by atoms with Crippen molar-refractivity contribution in [2.75, 3.05) is 25.9 Å². The van der Waals surface area contributed by atoms with E-state index in [0.29, 0.717) is 19.0 Å². The number of nitrogens with one attached hydrogen (secondary N) is 2. The van der Waals surface area contributed by atoms with Crippen LogP contribution in [0.1, 0.15) is 45.4 Å². The van der Waals surface area contributed by atoms with E-state index in [9.17, 15) is 8.42 Å². The third-order valence-electron chi connectivity index (χ3n) is 2.59. The van der Waals surface area contributed by atoms with Gasteiger partial charge in [0.05, 0.1) is 6.26 Å². The highest BCUT2D eigenvalue weighted by molar-refractivity contribution is 14.0. The van der Waals surface area contributed by atoms with Gasteiger partial charge >= 0.3 is 0 Å². The van der Waals surface area contributed by atoms with Gasteiger partial charge in [-0.3, -0.25) is 4.99 Å². The summed E-state index contributed by atoms with van der Waals surface area (Å²) in [6, 6.07) is 0. The van der Waals surface area contributed by atoms with E-state index in [4.69, 9.17) is 5.73 Å². The van der Waals surface area contributed by atoms with Gasteiger partial charge in [0.15, 0.2) is 5.96 Å². The predicted octanol–water partition coefficient (Wildman–Crippen LogP) is 1.42. The van der Waals surface area contributed by atoms with Crippen molar-refractivity contribution in [1.82, 2.24) is 10.0 Å². The van der Waals surface area contributed by atoms with Crippen LogP contribution in [0.2, 0.25) is 0 Å². The highest BCUT2D eigenvalue weighted by Gasteiger charge is 1.98. The number of guanidine groups is 1. The summed E-state index contributed by atoms with van der Waals surface area (Å²) in [4.78, 5) is 4.18. The molecule has 0 atom stereocenters. The van der Waals surface area contributed by atoms with Gasteiger partial charge in [-0.25, -0.2) is 13.1 Å². The molecular weight excluding hydrogens is 391 g/mol. The molecule has 0 saturated carbocycles. The van der Waals surface area contributed by atoms with Gasteiger partial charge in [-0.1, -0.05) is 39.0 Å². The molecule has 0 aliphatic rings. The van der Waals surface area contributed by atoms with E-state index in [1.54, 1.807) is 0 Å². The molecule has 122 valence electrons. The van der Waals surface area contributed by atoms with Crippen LogP contribution in [0, 0.1) is 0 Å². The third-order valence-corrected chi connectivity index (χ3v) is 3.32. The Labute approximate surface area is 140 Å². The minimum Gasteiger partial charge on any atom is -0.370 e. The maximum atomic E-state index is 10.8. The minimum atomic E-state index is -3.12. The zero-order chi connectivity index (χ0) is 14.6.